The van der Waals surface area contributed by atoms with Crippen LogP contribution in [-0.2, 0) is 0 Å². The lowest BCUT2D eigenvalue weighted by molar-refractivity contribution is 0.509. The minimum atomic E-state index is 0.535. The van der Waals surface area contributed by atoms with Crippen LogP contribution in [0.5, 0.6) is 0 Å². The van der Waals surface area contributed by atoms with Crippen molar-refractivity contribution in [3.63, 3.8) is 0 Å². The van der Waals surface area contributed by atoms with Gasteiger partial charge in [-0.1, -0.05) is 44.4 Å². The maximum absolute atomic E-state index is 3.43. The highest BCUT2D eigenvalue weighted by molar-refractivity contribution is 5.56. The summed E-state index contributed by atoms with van der Waals surface area (Å²) in [6, 6.07) is 9.40. The predicted octanol–water partition coefficient (Wildman–Crippen LogP) is 3.74. The molecule has 2 heteroatoms. The van der Waals surface area contributed by atoms with E-state index in [1.165, 1.54) is 56.4 Å². The van der Waals surface area contributed by atoms with E-state index >= 15 is 0 Å². The number of rotatable bonds is 6. The van der Waals surface area contributed by atoms with Crippen LogP contribution in [0.3, 0.4) is 0 Å². The molecule has 1 aliphatic rings. The van der Waals surface area contributed by atoms with Crippen LogP contribution in [0.4, 0.5) is 5.69 Å². The summed E-state index contributed by atoms with van der Waals surface area (Å²) >= 11 is 0. The van der Waals surface area contributed by atoms with Crippen LogP contribution in [0.2, 0.25) is 0 Å². The van der Waals surface area contributed by atoms with Crippen molar-refractivity contribution in [2.45, 2.75) is 45.1 Å². The molecule has 0 saturated heterocycles. The number of para-hydroxylation sites is 1. The largest absolute Gasteiger partial charge is 0.371 e. The first-order chi connectivity index (χ1) is 8.86. The first-order valence-electron chi connectivity index (χ1n) is 7.38. The first kappa shape index (κ1) is 13.4. The van der Waals surface area contributed by atoms with Gasteiger partial charge in [0.1, 0.15) is 0 Å². The standard InChI is InChI=1S/C16H26N2/c1-3-4-5-8-12-18-13-11-15(17-2)14-9-6-7-10-16(14)18/h6-7,9-10,15,17H,3-5,8,11-13H2,1-2H3. The third-order valence-electron chi connectivity index (χ3n) is 3.97. The molecule has 1 N–H and O–H groups in total. The molecule has 0 bridgehead atoms. The van der Waals surface area contributed by atoms with Gasteiger partial charge < -0.3 is 10.2 Å². The summed E-state index contributed by atoms with van der Waals surface area (Å²) in [5, 5.41) is 3.43. The quantitative estimate of drug-likeness (QED) is 0.769. The second kappa shape index (κ2) is 6.79. The SMILES string of the molecule is CCCCCCN1CCC(NC)c2ccccc21. The molecule has 0 amide bonds. The van der Waals surface area contributed by atoms with Crippen LogP contribution in [-0.4, -0.2) is 20.1 Å². The van der Waals surface area contributed by atoms with Gasteiger partial charge in [0.2, 0.25) is 0 Å². The van der Waals surface area contributed by atoms with Crippen LogP contribution in [0, 0.1) is 0 Å². The number of nitrogens with one attached hydrogen (secondary N) is 1. The Bertz CT molecular complexity index is 362. The summed E-state index contributed by atoms with van der Waals surface area (Å²) < 4.78 is 0. The molecule has 2 nitrogen and oxygen atoms in total. The molecule has 1 heterocycles. The molecule has 0 fully saturated rings. The van der Waals surface area contributed by atoms with Gasteiger partial charge in [0.05, 0.1) is 0 Å². The van der Waals surface area contributed by atoms with Gasteiger partial charge in [0.25, 0.3) is 0 Å². The van der Waals surface area contributed by atoms with Crippen LogP contribution in [0.15, 0.2) is 24.3 Å². The Morgan fingerprint density at radius 2 is 2.06 bits per heavy atom. The predicted molar refractivity (Wildman–Crippen MR) is 79.2 cm³/mol. The lowest BCUT2D eigenvalue weighted by Gasteiger charge is -2.35. The van der Waals surface area contributed by atoms with E-state index in [0.29, 0.717) is 6.04 Å². The van der Waals surface area contributed by atoms with Gasteiger partial charge in [0, 0.05) is 24.8 Å². The summed E-state index contributed by atoms with van der Waals surface area (Å²) in [5.74, 6) is 0. The van der Waals surface area contributed by atoms with Crippen LogP contribution >= 0.6 is 0 Å². The van der Waals surface area contributed by atoms with E-state index in [9.17, 15) is 0 Å². The molecule has 1 aliphatic heterocycles. The summed E-state index contributed by atoms with van der Waals surface area (Å²) in [6.45, 7) is 4.68. The molecule has 0 aliphatic carbocycles. The van der Waals surface area contributed by atoms with E-state index in [0.717, 1.165) is 0 Å². The normalized spacial score (nSPS) is 18.8. The Labute approximate surface area is 111 Å². The van der Waals surface area contributed by atoms with Gasteiger partial charge >= 0.3 is 0 Å². The van der Waals surface area contributed by atoms with Gasteiger partial charge in [-0.3, -0.25) is 0 Å². The molecule has 1 aromatic carbocycles. The van der Waals surface area contributed by atoms with Gasteiger partial charge in [-0.2, -0.15) is 0 Å². The fourth-order valence-electron chi connectivity index (χ4n) is 2.89. The highest BCUT2D eigenvalue weighted by Gasteiger charge is 2.22. The third-order valence-corrected chi connectivity index (χ3v) is 3.97. The lowest BCUT2D eigenvalue weighted by atomic mass is 9.96. The van der Waals surface area contributed by atoms with Gasteiger partial charge in [-0.05, 0) is 31.5 Å². The van der Waals surface area contributed by atoms with E-state index in [1.54, 1.807) is 0 Å². The number of anilines is 1. The van der Waals surface area contributed by atoms with Crippen molar-refractivity contribution in [2.75, 3.05) is 25.0 Å². The second-order valence-electron chi connectivity index (χ2n) is 5.24. The maximum atomic E-state index is 3.43. The molecular formula is C16H26N2. The van der Waals surface area contributed by atoms with Crippen molar-refractivity contribution in [2.24, 2.45) is 0 Å². The zero-order valence-electron chi connectivity index (χ0n) is 11.8. The third kappa shape index (κ3) is 3.05. The van der Waals surface area contributed by atoms with Crippen molar-refractivity contribution in [3.8, 4) is 0 Å². The molecule has 1 atom stereocenters. The van der Waals surface area contributed by atoms with Crippen LogP contribution < -0.4 is 10.2 Å². The molecule has 1 unspecified atom stereocenters. The number of hydrogen-bond donors (Lipinski definition) is 1. The summed E-state index contributed by atoms with van der Waals surface area (Å²) in [7, 11) is 2.07. The number of hydrogen-bond acceptors (Lipinski definition) is 2. The van der Waals surface area contributed by atoms with Crippen molar-refractivity contribution in [3.05, 3.63) is 29.8 Å². The molecule has 0 spiro atoms. The smallest absolute Gasteiger partial charge is 0.0414 e. The number of fused-ring (bicyclic) bond motifs is 1. The average molecular weight is 246 g/mol. The summed E-state index contributed by atoms with van der Waals surface area (Å²) in [4.78, 5) is 2.57. The first-order valence-corrected chi connectivity index (χ1v) is 7.38. The minimum Gasteiger partial charge on any atom is -0.371 e. The Hall–Kier alpha value is -1.02. The molecular weight excluding hydrogens is 220 g/mol. The molecule has 18 heavy (non-hydrogen) atoms. The average Bonchev–Trinajstić information content (AvgIpc) is 2.43. The Morgan fingerprint density at radius 1 is 1.22 bits per heavy atom. The van der Waals surface area contributed by atoms with Crippen molar-refractivity contribution in [1.82, 2.24) is 5.32 Å². The molecule has 0 radical (unpaired) electrons. The monoisotopic (exact) mass is 246 g/mol. The van der Waals surface area contributed by atoms with Crippen molar-refractivity contribution < 1.29 is 0 Å². The highest BCUT2D eigenvalue weighted by Crippen LogP contribution is 2.33. The number of nitrogens with zero attached hydrogens (tertiary/aromatic N) is 1. The molecule has 1 aromatic rings. The minimum absolute atomic E-state index is 0.535. The van der Waals surface area contributed by atoms with E-state index in [1.807, 2.05) is 0 Å². The van der Waals surface area contributed by atoms with Crippen molar-refractivity contribution >= 4 is 5.69 Å². The summed E-state index contributed by atoms with van der Waals surface area (Å²) in [5.41, 5.74) is 2.92. The topological polar surface area (TPSA) is 15.3 Å². The molecule has 0 aromatic heterocycles. The van der Waals surface area contributed by atoms with Gasteiger partial charge in [0.15, 0.2) is 0 Å². The van der Waals surface area contributed by atoms with Crippen LogP contribution in [0.1, 0.15) is 50.6 Å². The fraction of sp³-hybridized carbons (Fsp3) is 0.625. The van der Waals surface area contributed by atoms with Crippen molar-refractivity contribution in [1.29, 1.82) is 0 Å². The van der Waals surface area contributed by atoms with Gasteiger partial charge in [-0.15, -0.1) is 0 Å². The van der Waals surface area contributed by atoms with Crippen LogP contribution in [0.25, 0.3) is 0 Å². The van der Waals surface area contributed by atoms with E-state index in [2.05, 4.69) is 48.5 Å². The second-order valence-corrected chi connectivity index (χ2v) is 5.24. The highest BCUT2D eigenvalue weighted by atomic mass is 15.1. The zero-order chi connectivity index (χ0) is 12.8. The zero-order valence-corrected chi connectivity index (χ0v) is 11.8. The fourth-order valence-corrected chi connectivity index (χ4v) is 2.89. The maximum Gasteiger partial charge on any atom is 0.0414 e. The number of unbranched alkanes of at least 4 members (excludes halogenated alkanes) is 3. The molecule has 100 valence electrons. The summed E-state index contributed by atoms with van der Waals surface area (Å²) in [6.07, 6.45) is 6.60. The molecule has 2 rings (SSSR count). The molecule has 0 saturated carbocycles. The lowest BCUT2D eigenvalue weighted by Crippen LogP contribution is -2.35. The van der Waals surface area contributed by atoms with E-state index in [-0.39, 0.29) is 0 Å². The Morgan fingerprint density at radius 3 is 2.83 bits per heavy atom. The Kier molecular flexibility index (Phi) is 5.06. The van der Waals surface area contributed by atoms with E-state index in [4.69, 9.17) is 0 Å². The Balaban J connectivity index is 2.01. The van der Waals surface area contributed by atoms with Gasteiger partial charge in [-0.25, -0.2) is 0 Å². The van der Waals surface area contributed by atoms with E-state index < -0.39 is 0 Å². The number of benzene rings is 1.